The van der Waals surface area contributed by atoms with Gasteiger partial charge in [-0.25, -0.2) is 0 Å². The van der Waals surface area contributed by atoms with Crippen molar-refractivity contribution in [3.05, 3.63) is 40.5 Å². The molecule has 1 aromatic carbocycles. The first-order valence-electron chi connectivity index (χ1n) is 6.16. The number of fused-ring (bicyclic) bond motifs is 1. The van der Waals surface area contributed by atoms with E-state index in [0.717, 1.165) is 28.2 Å². The van der Waals surface area contributed by atoms with Gasteiger partial charge in [-0.15, -0.1) is 0 Å². The van der Waals surface area contributed by atoms with Crippen molar-refractivity contribution in [2.75, 3.05) is 7.05 Å². The molecule has 3 heteroatoms. The van der Waals surface area contributed by atoms with Crippen LogP contribution in [0.4, 0.5) is 0 Å². The smallest absolute Gasteiger partial charge is 0.0894 e. The first-order chi connectivity index (χ1) is 8.43. The number of benzene rings is 1. The number of para-hydroxylation sites is 1. The second-order valence-corrected chi connectivity index (χ2v) is 5.99. The molecule has 0 bridgehead atoms. The van der Waals surface area contributed by atoms with Gasteiger partial charge in [0, 0.05) is 23.0 Å². The van der Waals surface area contributed by atoms with Crippen molar-refractivity contribution in [3.63, 3.8) is 0 Å². The number of aromatic nitrogens is 1. The van der Waals surface area contributed by atoms with Gasteiger partial charge in [0.25, 0.3) is 0 Å². The molecule has 0 saturated heterocycles. The topological polar surface area (TPSA) is 24.9 Å². The summed E-state index contributed by atoms with van der Waals surface area (Å²) in [7, 11) is 1.95. The molecule has 0 aliphatic carbocycles. The van der Waals surface area contributed by atoms with Gasteiger partial charge in [-0.3, -0.25) is 4.98 Å². The molecule has 0 spiro atoms. The molecule has 0 atom stereocenters. The van der Waals surface area contributed by atoms with Crippen molar-refractivity contribution in [2.24, 2.45) is 0 Å². The van der Waals surface area contributed by atoms with Crippen LogP contribution in [0.25, 0.3) is 10.9 Å². The molecular formula is C15H19ClN2. The summed E-state index contributed by atoms with van der Waals surface area (Å²) in [4.78, 5) is 4.73. The molecule has 0 aliphatic rings. The summed E-state index contributed by atoms with van der Waals surface area (Å²) in [5, 5.41) is 5.05. The summed E-state index contributed by atoms with van der Waals surface area (Å²) >= 11 is 6.27. The van der Waals surface area contributed by atoms with Crippen LogP contribution in [-0.2, 0) is 12.0 Å². The van der Waals surface area contributed by atoms with Crippen LogP contribution in [0.3, 0.4) is 0 Å². The van der Waals surface area contributed by atoms with Crippen molar-refractivity contribution in [1.82, 2.24) is 10.3 Å². The van der Waals surface area contributed by atoms with Crippen molar-refractivity contribution in [1.29, 1.82) is 0 Å². The Hall–Kier alpha value is -1.12. The quantitative estimate of drug-likeness (QED) is 0.888. The fourth-order valence-electron chi connectivity index (χ4n) is 2.00. The Morgan fingerprint density at radius 2 is 2.00 bits per heavy atom. The van der Waals surface area contributed by atoms with E-state index in [9.17, 15) is 0 Å². The van der Waals surface area contributed by atoms with Crippen LogP contribution in [0, 0.1) is 0 Å². The zero-order chi connectivity index (χ0) is 13.3. The largest absolute Gasteiger partial charge is 0.316 e. The van der Waals surface area contributed by atoms with Gasteiger partial charge >= 0.3 is 0 Å². The Labute approximate surface area is 113 Å². The van der Waals surface area contributed by atoms with Crippen LogP contribution in [0.2, 0.25) is 5.02 Å². The van der Waals surface area contributed by atoms with Crippen LogP contribution < -0.4 is 5.32 Å². The molecule has 0 fully saturated rings. The Balaban J connectivity index is 2.75. The second-order valence-electron chi connectivity index (χ2n) is 5.58. The average molecular weight is 263 g/mol. The first kappa shape index (κ1) is 13.3. The van der Waals surface area contributed by atoms with Gasteiger partial charge in [0.05, 0.1) is 10.5 Å². The standard InChI is InChI=1S/C15H19ClN2/c1-15(2,3)13-8-10(9-17-4)11-6-5-7-12(16)14(11)18-13/h5-8,17H,9H2,1-4H3. The lowest BCUT2D eigenvalue weighted by Crippen LogP contribution is -2.15. The van der Waals surface area contributed by atoms with Gasteiger partial charge in [-0.05, 0) is 24.7 Å². The Bertz CT molecular complexity index is 570. The van der Waals surface area contributed by atoms with Gasteiger partial charge < -0.3 is 5.32 Å². The zero-order valence-electron chi connectivity index (χ0n) is 11.3. The SMILES string of the molecule is CNCc1cc(C(C)(C)C)nc2c(Cl)cccc12. The molecule has 96 valence electrons. The van der Waals surface area contributed by atoms with E-state index in [1.807, 2.05) is 19.2 Å². The lowest BCUT2D eigenvalue weighted by molar-refractivity contribution is 0.570. The number of halogens is 1. The van der Waals surface area contributed by atoms with E-state index in [1.165, 1.54) is 5.56 Å². The van der Waals surface area contributed by atoms with Gasteiger partial charge in [-0.1, -0.05) is 44.5 Å². The fraction of sp³-hybridized carbons (Fsp3) is 0.400. The summed E-state index contributed by atoms with van der Waals surface area (Å²) in [5.41, 5.74) is 3.25. The van der Waals surface area contributed by atoms with E-state index in [-0.39, 0.29) is 5.41 Å². The summed E-state index contributed by atoms with van der Waals surface area (Å²) in [6.07, 6.45) is 0. The summed E-state index contributed by atoms with van der Waals surface area (Å²) in [6, 6.07) is 8.12. The maximum Gasteiger partial charge on any atom is 0.0894 e. The van der Waals surface area contributed by atoms with Gasteiger partial charge in [0.1, 0.15) is 0 Å². The van der Waals surface area contributed by atoms with E-state index >= 15 is 0 Å². The van der Waals surface area contributed by atoms with Crippen LogP contribution in [0.1, 0.15) is 32.0 Å². The van der Waals surface area contributed by atoms with Gasteiger partial charge in [-0.2, -0.15) is 0 Å². The third kappa shape index (κ3) is 2.50. The highest BCUT2D eigenvalue weighted by Crippen LogP contribution is 2.29. The van der Waals surface area contributed by atoms with E-state index in [0.29, 0.717) is 0 Å². The molecular weight excluding hydrogens is 244 g/mol. The van der Waals surface area contributed by atoms with Crippen molar-refractivity contribution < 1.29 is 0 Å². The number of hydrogen-bond donors (Lipinski definition) is 1. The van der Waals surface area contributed by atoms with Crippen molar-refractivity contribution in [2.45, 2.75) is 32.7 Å². The molecule has 0 unspecified atom stereocenters. The van der Waals surface area contributed by atoms with Crippen LogP contribution in [0.5, 0.6) is 0 Å². The molecule has 2 nitrogen and oxygen atoms in total. The minimum absolute atomic E-state index is 0.0237. The van der Waals surface area contributed by atoms with E-state index in [2.05, 4.69) is 38.2 Å². The molecule has 1 heterocycles. The van der Waals surface area contributed by atoms with Crippen LogP contribution in [-0.4, -0.2) is 12.0 Å². The predicted molar refractivity (Wildman–Crippen MR) is 78.2 cm³/mol. The average Bonchev–Trinajstić information content (AvgIpc) is 2.29. The summed E-state index contributed by atoms with van der Waals surface area (Å²) < 4.78 is 0. The lowest BCUT2D eigenvalue weighted by atomic mass is 9.90. The minimum atomic E-state index is 0.0237. The molecule has 0 amide bonds. The molecule has 0 aliphatic heterocycles. The molecule has 1 N–H and O–H groups in total. The third-order valence-corrected chi connectivity index (χ3v) is 3.32. The minimum Gasteiger partial charge on any atom is -0.316 e. The fourth-order valence-corrected chi connectivity index (χ4v) is 2.22. The maximum absolute atomic E-state index is 6.27. The van der Waals surface area contributed by atoms with Crippen molar-refractivity contribution >= 4 is 22.5 Å². The molecule has 2 rings (SSSR count). The Kier molecular flexibility index (Phi) is 3.60. The zero-order valence-corrected chi connectivity index (χ0v) is 12.1. The van der Waals surface area contributed by atoms with E-state index in [1.54, 1.807) is 0 Å². The lowest BCUT2D eigenvalue weighted by Gasteiger charge is -2.20. The number of nitrogens with one attached hydrogen (secondary N) is 1. The normalized spacial score (nSPS) is 12.1. The summed E-state index contributed by atoms with van der Waals surface area (Å²) in [6.45, 7) is 7.33. The molecule has 18 heavy (non-hydrogen) atoms. The van der Waals surface area contributed by atoms with Gasteiger partial charge in [0.15, 0.2) is 0 Å². The van der Waals surface area contributed by atoms with Gasteiger partial charge in [0.2, 0.25) is 0 Å². The second kappa shape index (κ2) is 4.87. The number of nitrogens with zero attached hydrogens (tertiary/aromatic N) is 1. The number of hydrogen-bond acceptors (Lipinski definition) is 2. The highest BCUT2D eigenvalue weighted by Gasteiger charge is 2.18. The molecule has 0 saturated carbocycles. The maximum atomic E-state index is 6.27. The van der Waals surface area contributed by atoms with Crippen molar-refractivity contribution in [3.8, 4) is 0 Å². The number of rotatable bonds is 2. The molecule has 1 aromatic heterocycles. The molecule has 2 aromatic rings. The Morgan fingerprint density at radius 1 is 1.28 bits per heavy atom. The predicted octanol–water partition coefficient (Wildman–Crippen LogP) is 3.91. The van der Waals surface area contributed by atoms with E-state index < -0.39 is 0 Å². The highest BCUT2D eigenvalue weighted by atomic mass is 35.5. The van der Waals surface area contributed by atoms with Crippen LogP contribution in [0.15, 0.2) is 24.3 Å². The monoisotopic (exact) mass is 262 g/mol. The van der Waals surface area contributed by atoms with Crippen LogP contribution >= 0.6 is 11.6 Å². The van der Waals surface area contributed by atoms with E-state index in [4.69, 9.17) is 16.6 Å². The highest BCUT2D eigenvalue weighted by molar-refractivity contribution is 6.35. The third-order valence-electron chi connectivity index (χ3n) is 3.01. The first-order valence-corrected chi connectivity index (χ1v) is 6.54. The molecule has 0 radical (unpaired) electrons. The number of pyridine rings is 1. The summed E-state index contributed by atoms with van der Waals surface area (Å²) in [5.74, 6) is 0. The Morgan fingerprint density at radius 3 is 2.61 bits per heavy atom.